The first kappa shape index (κ1) is 18.5. The van der Waals surface area contributed by atoms with Gasteiger partial charge in [-0.15, -0.1) is 0 Å². The van der Waals surface area contributed by atoms with Gasteiger partial charge in [0.05, 0.1) is 18.1 Å². The standard InChI is InChI=1S/C18H20N2O5S/c19-17(21)18(22,14-5-2-1-3-6-14)15-7-4-8-16(13-15)26(23,24)20-9-11-25-12-10-20/h1-8,13,22H,9-12H2,(H2,19,21). The lowest BCUT2D eigenvalue weighted by atomic mass is 9.86. The molecule has 2 aromatic carbocycles. The number of carbonyl (C=O) groups is 1. The molecule has 7 nitrogen and oxygen atoms in total. The zero-order valence-electron chi connectivity index (χ0n) is 14.0. The van der Waals surface area contributed by atoms with Gasteiger partial charge in [-0.1, -0.05) is 42.5 Å². The molecule has 8 heteroatoms. The van der Waals surface area contributed by atoms with Crippen molar-refractivity contribution >= 4 is 15.9 Å². The number of nitrogens with two attached hydrogens (primary N) is 1. The highest BCUT2D eigenvalue weighted by atomic mass is 32.2. The lowest BCUT2D eigenvalue weighted by Gasteiger charge is -2.28. The predicted molar refractivity (Wildman–Crippen MR) is 94.7 cm³/mol. The van der Waals surface area contributed by atoms with Gasteiger partial charge in [-0.25, -0.2) is 8.42 Å². The molecule has 1 aliphatic rings. The molecule has 3 rings (SSSR count). The zero-order valence-corrected chi connectivity index (χ0v) is 14.9. The highest BCUT2D eigenvalue weighted by molar-refractivity contribution is 7.89. The summed E-state index contributed by atoms with van der Waals surface area (Å²) in [6.45, 7) is 1.17. The molecule has 1 fully saturated rings. The minimum absolute atomic E-state index is 0.00694. The van der Waals surface area contributed by atoms with E-state index in [0.29, 0.717) is 13.2 Å². The van der Waals surface area contributed by atoms with Gasteiger partial charge >= 0.3 is 0 Å². The van der Waals surface area contributed by atoms with Crippen LogP contribution in [0.1, 0.15) is 11.1 Å². The summed E-state index contributed by atoms with van der Waals surface area (Å²) in [7, 11) is -3.76. The van der Waals surface area contributed by atoms with Gasteiger partial charge in [0.2, 0.25) is 10.0 Å². The molecule has 0 aromatic heterocycles. The molecule has 0 saturated carbocycles. The van der Waals surface area contributed by atoms with E-state index in [9.17, 15) is 18.3 Å². The molecule has 0 spiro atoms. The Hall–Kier alpha value is -2.26. The molecule has 1 atom stereocenters. The van der Waals surface area contributed by atoms with Gasteiger partial charge in [-0.3, -0.25) is 4.79 Å². The van der Waals surface area contributed by atoms with E-state index in [-0.39, 0.29) is 29.1 Å². The lowest BCUT2D eigenvalue weighted by molar-refractivity contribution is -0.133. The Bertz CT molecular complexity index is 895. The second-order valence-electron chi connectivity index (χ2n) is 5.98. The molecule has 1 aliphatic heterocycles. The van der Waals surface area contributed by atoms with Gasteiger partial charge in [0.15, 0.2) is 5.60 Å². The predicted octanol–water partition coefficient (Wildman–Crippen LogP) is 0.429. The van der Waals surface area contributed by atoms with Crippen molar-refractivity contribution in [1.29, 1.82) is 0 Å². The first-order chi connectivity index (χ1) is 12.4. The number of aliphatic hydroxyl groups is 1. The lowest BCUT2D eigenvalue weighted by Crippen LogP contribution is -2.43. The number of ether oxygens (including phenoxy) is 1. The van der Waals surface area contributed by atoms with Crippen LogP contribution < -0.4 is 5.73 Å². The highest BCUT2D eigenvalue weighted by Gasteiger charge is 2.39. The Morgan fingerprint density at radius 2 is 1.65 bits per heavy atom. The summed E-state index contributed by atoms with van der Waals surface area (Å²) >= 11 is 0. The first-order valence-electron chi connectivity index (χ1n) is 8.13. The van der Waals surface area contributed by atoms with E-state index in [4.69, 9.17) is 10.5 Å². The van der Waals surface area contributed by atoms with Crippen LogP contribution in [0.2, 0.25) is 0 Å². The maximum absolute atomic E-state index is 12.8. The summed E-state index contributed by atoms with van der Waals surface area (Å²) in [5.41, 5.74) is 3.72. The van der Waals surface area contributed by atoms with Gasteiger partial charge in [-0.05, 0) is 23.3 Å². The number of morpholine rings is 1. The third-order valence-corrected chi connectivity index (χ3v) is 6.30. The van der Waals surface area contributed by atoms with E-state index in [1.54, 1.807) is 30.3 Å². The second kappa shape index (κ2) is 7.16. The quantitative estimate of drug-likeness (QED) is 0.786. The smallest absolute Gasteiger partial charge is 0.258 e. The third-order valence-electron chi connectivity index (χ3n) is 4.41. The number of rotatable bonds is 5. The van der Waals surface area contributed by atoms with Crippen LogP contribution in [-0.4, -0.2) is 50.0 Å². The molecule has 1 heterocycles. The molecule has 26 heavy (non-hydrogen) atoms. The van der Waals surface area contributed by atoms with Crippen molar-refractivity contribution in [3.8, 4) is 0 Å². The van der Waals surface area contributed by atoms with E-state index in [0.717, 1.165) is 0 Å². The molecule has 1 saturated heterocycles. The van der Waals surface area contributed by atoms with Crippen LogP contribution in [0.25, 0.3) is 0 Å². The van der Waals surface area contributed by atoms with E-state index < -0.39 is 21.5 Å². The van der Waals surface area contributed by atoms with E-state index in [1.165, 1.54) is 28.6 Å². The van der Waals surface area contributed by atoms with Gasteiger partial charge in [-0.2, -0.15) is 4.31 Å². The summed E-state index contributed by atoms with van der Waals surface area (Å²) in [5.74, 6) is -0.982. The Kier molecular flexibility index (Phi) is 5.10. The topological polar surface area (TPSA) is 110 Å². The van der Waals surface area contributed by atoms with Gasteiger partial charge in [0, 0.05) is 13.1 Å². The Morgan fingerprint density at radius 3 is 2.27 bits per heavy atom. The highest BCUT2D eigenvalue weighted by Crippen LogP contribution is 2.31. The van der Waals surface area contributed by atoms with Crippen LogP contribution >= 0.6 is 0 Å². The minimum atomic E-state index is -3.76. The number of sulfonamides is 1. The third kappa shape index (κ3) is 3.24. The van der Waals surface area contributed by atoms with E-state index in [1.807, 2.05) is 0 Å². The van der Waals surface area contributed by atoms with Crippen LogP contribution in [0.4, 0.5) is 0 Å². The van der Waals surface area contributed by atoms with Crippen molar-refractivity contribution in [1.82, 2.24) is 4.31 Å². The molecular formula is C18H20N2O5S. The molecule has 0 bridgehead atoms. The first-order valence-corrected chi connectivity index (χ1v) is 9.57. The molecule has 1 amide bonds. The number of carbonyl (C=O) groups excluding carboxylic acids is 1. The van der Waals surface area contributed by atoms with Gasteiger partial charge in [0.25, 0.3) is 5.91 Å². The van der Waals surface area contributed by atoms with Crippen molar-refractivity contribution in [3.63, 3.8) is 0 Å². The number of amides is 1. The van der Waals surface area contributed by atoms with Crippen molar-refractivity contribution in [2.45, 2.75) is 10.5 Å². The molecule has 3 N–H and O–H groups in total. The number of primary amides is 1. The summed E-state index contributed by atoms with van der Waals surface area (Å²) in [5, 5.41) is 11.0. The van der Waals surface area contributed by atoms with Crippen LogP contribution in [0.15, 0.2) is 59.5 Å². The van der Waals surface area contributed by atoms with Crippen LogP contribution in [0.3, 0.4) is 0 Å². The van der Waals surface area contributed by atoms with Crippen molar-refractivity contribution in [2.24, 2.45) is 5.73 Å². The fourth-order valence-corrected chi connectivity index (χ4v) is 4.40. The Labute approximate surface area is 152 Å². The number of hydrogen-bond acceptors (Lipinski definition) is 5. The maximum Gasteiger partial charge on any atom is 0.258 e. The summed E-state index contributed by atoms with van der Waals surface area (Å²) in [6.07, 6.45) is 0. The van der Waals surface area contributed by atoms with E-state index in [2.05, 4.69) is 0 Å². The molecule has 2 aromatic rings. The largest absolute Gasteiger partial charge is 0.379 e. The maximum atomic E-state index is 12.8. The van der Waals surface area contributed by atoms with E-state index >= 15 is 0 Å². The minimum Gasteiger partial charge on any atom is -0.379 e. The molecular weight excluding hydrogens is 356 g/mol. The van der Waals surface area contributed by atoms with Gasteiger partial charge < -0.3 is 15.6 Å². The number of benzene rings is 2. The Balaban J connectivity index is 2.07. The molecule has 0 aliphatic carbocycles. The number of nitrogens with zero attached hydrogens (tertiary/aromatic N) is 1. The molecule has 138 valence electrons. The van der Waals surface area contributed by atoms with Crippen LogP contribution in [0, 0.1) is 0 Å². The van der Waals surface area contributed by atoms with Gasteiger partial charge in [0.1, 0.15) is 0 Å². The Morgan fingerprint density at radius 1 is 1.04 bits per heavy atom. The van der Waals surface area contributed by atoms with Crippen LogP contribution in [-0.2, 0) is 25.2 Å². The average molecular weight is 376 g/mol. The van der Waals surface area contributed by atoms with Crippen LogP contribution in [0.5, 0.6) is 0 Å². The molecule has 1 unspecified atom stereocenters. The summed E-state index contributed by atoms with van der Waals surface area (Å²) < 4.78 is 32.2. The zero-order chi connectivity index (χ0) is 18.8. The number of hydrogen-bond donors (Lipinski definition) is 2. The SMILES string of the molecule is NC(=O)C(O)(c1ccccc1)c1cccc(S(=O)(=O)N2CCOCC2)c1. The van der Waals surface area contributed by atoms with Crippen molar-refractivity contribution < 1.29 is 23.1 Å². The van der Waals surface area contributed by atoms with Crippen molar-refractivity contribution in [2.75, 3.05) is 26.3 Å². The fraction of sp³-hybridized carbons (Fsp3) is 0.278. The second-order valence-corrected chi connectivity index (χ2v) is 7.92. The molecule has 0 radical (unpaired) electrons. The monoisotopic (exact) mass is 376 g/mol. The normalized spacial score (nSPS) is 18.2. The fourth-order valence-electron chi connectivity index (χ4n) is 2.95. The summed E-state index contributed by atoms with van der Waals surface area (Å²) in [6, 6.07) is 13.9. The van der Waals surface area contributed by atoms with Crippen molar-refractivity contribution in [3.05, 3.63) is 65.7 Å². The average Bonchev–Trinajstić information content (AvgIpc) is 2.68. The summed E-state index contributed by atoms with van der Waals surface area (Å²) in [4.78, 5) is 12.1.